The molecule has 2 aromatic carbocycles. The number of benzene rings is 2. The van der Waals surface area contributed by atoms with Crippen molar-refractivity contribution in [3.05, 3.63) is 107 Å². The van der Waals surface area contributed by atoms with Crippen molar-refractivity contribution >= 4 is 28.3 Å². The van der Waals surface area contributed by atoms with Crippen molar-refractivity contribution in [2.45, 2.75) is 13.1 Å². The number of halogens is 2. The number of hydrogen-bond donors (Lipinski definition) is 1. The molecule has 0 aliphatic carbocycles. The maximum Gasteiger partial charge on any atom is 0.272 e. The summed E-state index contributed by atoms with van der Waals surface area (Å²) in [4.78, 5) is 18.7. The quantitative estimate of drug-likeness (QED) is 0.368. The van der Waals surface area contributed by atoms with Gasteiger partial charge in [0.05, 0.1) is 11.9 Å². The fourth-order valence-electron chi connectivity index (χ4n) is 3.68. The number of aromatic nitrogens is 3. The van der Waals surface area contributed by atoms with Gasteiger partial charge in [-0.15, -0.1) is 11.3 Å². The summed E-state index contributed by atoms with van der Waals surface area (Å²) in [7, 11) is 0. The van der Waals surface area contributed by atoms with Crippen LogP contribution < -0.4 is 5.32 Å². The molecule has 1 N–H and O–H groups in total. The van der Waals surface area contributed by atoms with Crippen LogP contribution in [0.5, 0.6) is 0 Å². The molecule has 0 spiro atoms. The molecule has 164 valence electrons. The zero-order chi connectivity index (χ0) is 22.8. The minimum atomic E-state index is -0.955. The van der Waals surface area contributed by atoms with Crippen LogP contribution in [0.3, 0.4) is 0 Å². The van der Waals surface area contributed by atoms with Gasteiger partial charge in [-0.25, -0.2) is 18.4 Å². The predicted octanol–water partition coefficient (Wildman–Crippen LogP) is 5.42. The van der Waals surface area contributed by atoms with Gasteiger partial charge < -0.3 is 5.32 Å². The lowest BCUT2D eigenvalue weighted by Crippen LogP contribution is -2.24. The molecule has 0 saturated heterocycles. The highest BCUT2D eigenvalue weighted by molar-refractivity contribution is 7.13. The van der Waals surface area contributed by atoms with Crippen molar-refractivity contribution < 1.29 is 13.6 Å². The second kappa shape index (κ2) is 8.91. The molecule has 1 amide bonds. The van der Waals surface area contributed by atoms with Gasteiger partial charge in [0.15, 0.2) is 23.0 Å². The van der Waals surface area contributed by atoms with Crippen LogP contribution in [0.2, 0.25) is 0 Å². The van der Waals surface area contributed by atoms with Gasteiger partial charge in [-0.2, -0.15) is 5.10 Å². The first-order valence-corrected chi connectivity index (χ1v) is 11.1. The third kappa shape index (κ3) is 4.25. The fraction of sp³-hybridized carbons (Fsp3) is 0.0800. The first kappa shape index (κ1) is 21.0. The largest absolute Gasteiger partial charge is 0.347 e. The Morgan fingerprint density at radius 2 is 1.82 bits per heavy atom. The van der Waals surface area contributed by atoms with Crippen LogP contribution in [-0.2, 0) is 13.1 Å². The highest BCUT2D eigenvalue weighted by Crippen LogP contribution is 2.33. The minimum absolute atomic E-state index is 0.0394. The molecule has 3 aromatic heterocycles. The first-order valence-electron chi connectivity index (χ1n) is 10.3. The Bertz CT molecular complexity index is 1430. The van der Waals surface area contributed by atoms with Gasteiger partial charge in [0.25, 0.3) is 5.91 Å². The SMILES string of the molecule is O=C(NCc1ccc(F)c(F)c1)c1nn(Cc2ccccc2)c2nccc(-c3cccs3)c12. The van der Waals surface area contributed by atoms with Crippen molar-refractivity contribution in [3.8, 4) is 10.4 Å². The Labute approximate surface area is 192 Å². The topological polar surface area (TPSA) is 59.8 Å². The molecule has 0 atom stereocenters. The summed E-state index contributed by atoms with van der Waals surface area (Å²) < 4.78 is 28.5. The zero-order valence-electron chi connectivity index (χ0n) is 17.3. The number of fused-ring (bicyclic) bond motifs is 1. The summed E-state index contributed by atoms with van der Waals surface area (Å²) in [5.74, 6) is -2.30. The molecular weight excluding hydrogens is 442 g/mol. The Morgan fingerprint density at radius 1 is 0.970 bits per heavy atom. The number of hydrogen-bond acceptors (Lipinski definition) is 4. The fourth-order valence-corrected chi connectivity index (χ4v) is 4.43. The molecular formula is C25H18F2N4OS. The second-order valence-corrected chi connectivity index (χ2v) is 8.41. The molecule has 5 aromatic rings. The van der Waals surface area contributed by atoms with Crippen molar-refractivity contribution in [1.82, 2.24) is 20.1 Å². The lowest BCUT2D eigenvalue weighted by atomic mass is 10.1. The van der Waals surface area contributed by atoms with Crippen LogP contribution in [0.25, 0.3) is 21.5 Å². The summed E-state index contributed by atoms with van der Waals surface area (Å²) in [6.45, 7) is 0.492. The second-order valence-electron chi connectivity index (χ2n) is 7.46. The smallest absolute Gasteiger partial charge is 0.272 e. The lowest BCUT2D eigenvalue weighted by molar-refractivity contribution is 0.0946. The predicted molar refractivity (Wildman–Crippen MR) is 124 cm³/mol. The molecule has 3 heterocycles. The minimum Gasteiger partial charge on any atom is -0.347 e. The molecule has 33 heavy (non-hydrogen) atoms. The van der Waals surface area contributed by atoms with Gasteiger partial charge in [-0.3, -0.25) is 4.79 Å². The summed E-state index contributed by atoms with van der Waals surface area (Å²) >= 11 is 1.56. The Kier molecular flexibility index (Phi) is 5.66. The summed E-state index contributed by atoms with van der Waals surface area (Å²) in [6, 6.07) is 19.1. The maximum atomic E-state index is 13.5. The van der Waals surface area contributed by atoms with Gasteiger partial charge >= 0.3 is 0 Å². The van der Waals surface area contributed by atoms with Crippen molar-refractivity contribution in [2.24, 2.45) is 0 Å². The van der Waals surface area contributed by atoms with E-state index in [1.165, 1.54) is 6.07 Å². The average Bonchev–Trinajstić information content (AvgIpc) is 3.49. The molecule has 5 rings (SSSR count). The molecule has 5 nitrogen and oxygen atoms in total. The molecule has 0 unspecified atom stereocenters. The van der Waals surface area contributed by atoms with Crippen LogP contribution >= 0.6 is 11.3 Å². The van der Waals surface area contributed by atoms with Crippen LogP contribution in [0.1, 0.15) is 21.6 Å². The Morgan fingerprint density at radius 3 is 2.58 bits per heavy atom. The van der Waals surface area contributed by atoms with Gasteiger partial charge in [0.2, 0.25) is 0 Å². The number of rotatable bonds is 6. The number of amides is 1. The lowest BCUT2D eigenvalue weighted by Gasteiger charge is -2.06. The van der Waals surface area contributed by atoms with Crippen LogP contribution in [0.4, 0.5) is 8.78 Å². The Balaban J connectivity index is 1.54. The molecule has 0 bridgehead atoms. The van der Waals surface area contributed by atoms with E-state index in [0.717, 1.165) is 28.1 Å². The van der Waals surface area contributed by atoms with E-state index in [2.05, 4.69) is 15.4 Å². The van der Waals surface area contributed by atoms with E-state index in [9.17, 15) is 13.6 Å². The zero-order valence-corrected chi connectivity index (χ0v) is 18.2. The van der Waals surface area contributed by atoms with Gasteiger partial charge in [-0.1, -0.05) is 42.5 Å². The highest BCUT2D eigenvalue weighted by Gasteiger charge is 2.22. The third-order valence-electron chi connectivity index (χ3n) is 5.25. The van der Waals surface area contributed by atoms with Crippen LogP contribution in [0, 0.1) is 11.6 Å². The number of carbonyl (C=O) groups excluding carboxylic acids is 1. The first-order chi connectivity index (χ1) is 16.1. The molecule has 0 saturated carbocycles. The monoisotopic (exact) mass is 460 g/mol. The molecule has 0 fully saturated rings. The number of carbonyl (C=O) groups is 1. The van der Waals surface area contributed by atoms with Crippen molar-refractivity contribution in [3.63, 3.8) is 0 Å². The molecule has 0 aliphatic heterocycles. The van der Waals surface area contributed by atoms with Gasteiger partial charge in [0.1, 0.15) is 0 Å². The van der Waals surface area contributed by atoms with E-state index < -0.39 is 17.5 Å². The standard InChI is InChI=1S/C25H18F2N4OS/c26-19-9-8-17(13-20(19)27)14-29-25(32)23-22-18(21-7-4-12-33-21)10-11-28-24(22)31(30-23)15-16-5-2-1-3-6-16/h1-13H,14-15H2,(H,29,32). The van der Waals surface area contributed by atoms with Gasteiger partial charge in [0, 0.05) is 23.2 Å². The molecule has 8 heteroatoms. The van der Waals surface area contributed by atoms with E-state index in [0.29, 0.717) is 23.1 Å². The molecule has 0 radical (unpaired) electrons. The average molecular weight is 461 g/mol. The molecule has 0 aliphatic rings. The number of pyridine rings is 1. The summed E-state index contributed by atoms with van der Waals surface area (Å²) in [6.07, 6.45) is 1.71. The van der Waals surface area contributed by atoms with Crippen LogP contribution in [-0.4, -0.2) is 20.7 Å². The Hall–Kier alpha value is -3.91. The summed E-state index contributed by atoms with van der Waals surface area (Å²) in [5.41, 5.74) is 3.18. The highest BCUT2D eigenvalue weighted by atomic mass is 32.1. The van der Waals surface area contributed by atoms with Crippen molar-refractivity contribution in [1.29, 1.82) is 0 Å². The van der Waals surface area contributed by atoms with Crippen molar-refractivity contribution in [2.75, 3.05) is 0 Å². The maximum absolute atomic E-state index is 13.5. The van der Waals surface area contributed by atoms with E-state index in [1.807, 2.05) is 53.9 Å². The van der Waals surface area contributed by atoms with E-state index in [1.54, 1.807) is 22.2 Å². The normalized spacial score (nSPS) is 11.1. The van der Waals surface area contributed by atoms with E-state index >= 15 is 0 Å². The van der Waals surface area contributed by atoms with Crippen LogP contribution in [0.15, 0.2) is 78.3 Å². The third-order valence-corrected chi connectivity index (χ3v) is 6.15. The van der Waals surface area contributed by atoms with E-state index in [4.69, 9.17) is 0 Å². The van der Waals surface area contributed by atoms with Gasteiger partial charge in [-0.05, 0) is 40.8 Å². The van der Waals surface area contributed by atoms with E-state index in [-0.39, 0.29) is 12.2 Å². The number of nitrogens with zero attached hydrogens (tertiary/aromatic N) is 3. The summed E-state index contributed by atoms with van der Waals surface area (Å²) in [5, 5.41) is 10.0. The number of thiophene rings is 1. The number of nitrogens with one attached hydrogen (secondary N) is 1.